The maximum atomic E-state index is 2.46. The molecule has 3 rings (SSSR count). The summed E-state index contributed by atoms with van der Waals surface area (Å²) < 4.78 is 0. The van der Waals surface area contributed by atoms with Crippen molar-refractivity contribution < 1.29 is 0 Å². The minimum Gasteiger partial charge on any atom is -0.0613 e. The van der Waals surface area contributed by atoms with Gasteiger partial charge in [-0.05, 0) is 54.2 Å². The average Bonchev–Trinajstić information content (AvgIpc) is 2.77. The van der Waals surface area contributed by atoms with Crippen molar-refractivity contribution in [2.24, 2.45) is 0 Å². The van der Waals surface area contributed by atoms with E-state index in [-0.39, 0.29) is 0 Å². The summed E-state index contributed by atoms with van der Waals surface area (Å²) in [5, 5.41) is 0. The Kier molecular flexibility index (Phi) is 1.52. The van der Waals surface area contributed by atoms with E-state index < -0.39 is 0 Å². The predicted octanol–water partition coefficient (Wildman–Crippen LogP) is 3.61. The average molecular weight is 172 g/mol. The summed E-state index contributed by atoms with van der Waals surface area (Å²) in [5.41, 5.74) is 4.88. The van der Waals surface area contributed by atoms with Gasteiger partial charge in [-0.25, -0.2) is 0 Å². The fourth-order valence-electron chi connectivity index (χ4n) is 3.12. The van der Waals surface area contributed by atoms with Gasteiger partial charge in [0, 0.05) is 0 Å². The Bertz CT molecular complexity index is 338. The molecular weight excluding hydrogens is 156 g/mol. The third-order valence-corrected chi connectivity index (χ3v) is 3.87. The van der Waals surface area contributed by atoms with Crippen LogP contribution in [0.25, 0.3) is 0 Å². The van der Waals surface area contributed by atoms with Crippen LogP contribution in [0.2, 0.25) is 0 Å². The number of hydrogen-bond donors (Lipinski definition) is 0. The van der Waals surface area contributed by atoms with Gasteiger partial charge in [0.15, 0.2) is 0 Å². The van der Waals surface area contributed by atoms with Crippen LogP contribution in [-0.2, 0) is 6.42 Å². The molecule has 1 fully saturated rings. The molecule has 68 valence electrons. The van der Waals surface area contributed by atoms with Crippen LogP contribution in [0.1, 0.15) is 54.7 Å². The minimum absolute atomic E-state index is 0.922. The van der Waals surface area contributed by atoms with Gasteiger partial charge in [0.05, 0.1) is 0 Å². The van der Waals surface area contributed by atoms with Crippen molar-refractivity contribution in [1.29, 1.82) is 0 Å². The van der Waals surface area contributed by atoms with Gasteiger partial charge in [0.2, 0.25) is 0 Å². The van der Waals surface area contributed by atoms with Crippen LogP contribution in [-0.4, -0.2) is 0 Å². The van der Waals surface area contributed by atoms with Crippen molar-refractivity contribution in [3.63, 3.8) is 0 Å². The quantitative estimate of drug-likeness (QED) is 0.607. The van der Waals surface area contributed by atoms with Crippen molar-refractivity contribution >= 4 is 0 Å². The zero-order valence-electron chi connectivity index (χ0n) is 8.22. The van der Waals surface area contributed by atoms with Gasteiger partial charge in [-0.1, -0.05) is 25.1 Å². The van der Waals surface area contributed by atoms with E-state index in [4.69, 9.17) is 0 Å². The monoisotopic (exact) mass is 172 g/mol. The first kappa shape index (κ1) is 7.61. The Hall–Kier alpha value is -0.780. The summed E-state index contributed by atoms with van der Waals surface area (Å²) in [6, 6.07) is 7.16. The third kappa shape index (κ3) is 0.979. The Balaban J connectivity index is 2.11. The van der Waals surface area contributed by atoms with Crippen molar-refractivity contribution in [2.45, 2.75) is 44.4 Å². The highest BCUT2D eigenvalue weighted by Crippen LogP contribution is 2.52. The molecule has 0 heterocycles. The van der Waals surface area contributed by atoms with Crippen LogP contribution in [0.15, 0.2) is 18.2 Å². The highest BCUT2D eigenvalue weighted by Gasteiger charge is 2.36. The van der Waals surface area contributed by atoms with Crippen molar-refractivity contribution in [3.05, 3.63) is 34.9 Å². The summed E-state index contributed by atoms with van der Waals surface area (Å²) in [7, 11) is 0. The molecule has 0 N–H and O–H groups in total. The van der Waals surface area contributed by atoms with Crippen LogP contribution in [0.4, 0.5) is 0 Å². The van der Waals surface area contributed by atoms with Crippen LogP contribution in [0.3, 0.4) is 0 Å². The highest BCUT2D eigenvalue weighted by atomic mass is 14.4. The Labute approximate surface area is 80.0 Å². The molecule has 0 amide bonds. The second kappa shape index (κ2) is 2.60. The maximum absolute atomic E-state index is 2.46. The highest BCUT2D eigenvalue weighted by molar-refractivity contribution is 5.43. The van der Waals surface area contributed by atoms with Gasteiger partial charge < -0.3 is 0 Å². The first-order valence-electron chi connectivity index (χ1n) is 5.51. The number of aryl methyl sites for hydroxylation is 1. The molecule has 1 aromatic carbocycles. The Morgan fingerprint density at radius 1 is 1.15 bits per heavy atom. The van der Waals surface area contributed by atoms with Gasteiger partial charge in [0.1, 0.15) is 0 Å². The van der Waals surface area contributed by atoms with Crippen LogP contribution in [0, 0.1) is 0 Å². The van der Waals surface area contributed by atoms with Crippen LogP contribution in [0.5, 0.6) is 0 Å². The molecule has 13 heavy (non-hydrogen) atoms. The predicted molar refractivity (Wildman–Crippen MR) is 55.2 cm³/mol. The zero-order chi connectivity index (χ0) is 8.84. The lowest BCUT2D eigenvalue weighted by Gasteiger charge is -2.15. The van der Waals surface area contributed by atoms with E-state index in [9.17, 15) is 0 Å². The van der Waals surface area contributed by atoms with E-state index in [1.54, 1.807) is 11.1 Å². The number of hydrogen-bond acceptors (Lipinski definition) is 0. The molecule has 0 aliphatic heterocycles. The standard InChI is InChI=1S/C13H16/c1-2-9-3-6-12-10-4-5-11(8-10)13(12)7-9/h3,6-7,10-11H,2,4-5,8H2,1H3. The molecule has 0 radical (unpaired) electrons. The van der Waals surface area contributed by atoms with Crippen LogP contribution >= 0.6 is 0 Å². The van der Waals surface area contributed by atoms with Gasteiger partial charge in [-0.3, -0.25) is 0 Å². The molecule has 1 aromatic rings. The molecule has 0 aromatic heterocycles. The Morgan fingerprint density at radius 3 is 2.69 bits per heavy atom. The third-order valence-electron chi connectivity index (χ3n) is 3.87. The molecule has 2 aliphatic carbocycles. The molecule has 0 heteroatoms. The topological polar surface area (TPSA) is 0 Å². The lowest BCUT2D eigenvalue weighted by molar-refractivity contribution is 0.716. The molecule has 2 atom stereocenters. The lowest BCUT2D eigenvalue weighted by Crippen LogP contribution is -1.98. The van der Waals surface area contributed by atoms with E-state index >= 15 is 0 Å². The van der Waals surface area contributed by atoms with E-state index in [1.807, 2.05) is 0 Å². The van der Waals surface area contributed by atoms with Crippen molar-refractivity contribution in [3.8, 4) is 0 Å². The maximum Gasteiger partial charge on any atom is -0.0153 e. The largest absolute Gasteiger partial charge is 0.0613 e. The SMILES string of the molecule is CCc1ccc2c(c1)C1CCC2C1. The summed E-state index contributed by atoms with van der Waals surface area (Å²) in [6.45, 7) is 2.24. The molecule has 2 bridgehead atoms. The zero-order valence-corrected chi connectivity index (χ0v) is 8.22. The first-order valence-corrected chi connectivity index (χ1v) is 5.51. The van der Waals surface area contributed by atoms with E-state index in [2.05, 4.69) is 25.1 Å². The van der Waals surface area contributed by atoms with Gasteiger partial charge >= 0.3 is 0 Å². The number of fused-ring (bicyclic) bond motifs is 5. The normalized spacial score (nSPS) is 29.3. The van der Waals surface area contributed by atoms with Gasteiger partial charge in [-0.15, -0.1) is 0 Å². The van der Waals surface area contributed by atoms with Crippen molar-refractivity contribution in [1.82, 2.24) is 0 Å². The first-order chi connectivity index (χ1) is 6.38. The Morgan fingerprint density at radius 2 is 1.92 bits per heavy atom. The van der Waals surface area contributed by atoms with E-state index in [0.29, 0.717) is 0 Å². The number of rotatable bonds is 1. The molecule has 0 saturated heterocycles. The van der Waals surface area contributed by atoms with Gasteiger partial charge in [-0.2, -0.15) is 0 Å². The second-order valence-electron chi connectivity index (χ2n) is 4.52. The summed E-state index contributed by atoms with van der Waals surface area (Å²) in [5.74, 6) is 1.84. The molecule has 0 spiro atoms. The summed E-state index contributed by atoms with van der Waals surface area (Å²) >= 11 is 0. The number of benzene rings is 1. The molecule has 1 saturated carbocycles. The van der Waals surface area contributed by atoms with Gasteiger partial charge in [0.25, 0.3) is 0 Å². The van der Waals surface area contributed by atoms with Crippen molar-refractivity contribution in [2.75, 3.05) is 0 Å². The fraction of sp³-hybridized carbons (Fsp3) is 0.538. The fourth-order valence-corrected chi connectivity index (χ4v) is 3.12. The lowest BCUT2D eigenvalue weighted by atomic mass is 9.90. The summed E-state index contributed by atoms with van der Waals surface area (Å²) in [6.07, 6.45) is 5.53. The molecular formula is C13H16. The summed E-state index contributed by atoms with van der Waals surface area (Å²) in [4.78, 5) is 0. The van der Waals surface area contributed by atoms with Crippen LogP contribution < -0.4 is 0 Å². The molecule has 2 unspecified atom stereocenters. The minimum atomic E-state index is 0.922. The molecule has 2 aliphatic rings. The smallest absolute Gasteiger partial charge is 0.0153 e. The second-order valence-corrected chi connectivity index (χ2v) is 4.52. The van der Waals surface area contributed by atoms with E-state index in [0.717, 1.165) is 11.8 Å². The van der Waals surface area contributed by atoms with E-state index in [1.165, 1.54) is 31.2 Å². The molecule has 0 nitrogen and oxygen atoms in total.